The van der Waals surface area contributed by atoms with Crippen molar-refractivity contribution in [3.05, 3.63) is 78.1 Å². The van der Waals surface area contributed by atoms with Crippen molar-refractivity contribution < 1.29 is 18.7 Å². The molecule has 0 aliphatic rings. The minimum Gasteiger partial charge on any atom is -0.493 e. The van der Waals surface area contributed by atoms with Crippen LogP contribution in [-0.4, -0.2) is 31.1 Å². The molecule has 1 amide bonds. The van der Waals surface area contributed by atoms with Gasteiger partial charge in [0.15, 0.2) is 11.5 Å². The van der Waals surface area contributed by atoms with Crippen LogP contribution in [0.1, 0.15) is 11.1 Å². The van der Waals surface area contributed by atoms with Gasteiger partial charge >= 0.3 is 0 Å². The molecule has 0 saturated heterocycles. The van der Waals surface area contributed by atoms with E-state index in [-0.39, 0.29) is 18.3 Å². The Hall–Kier alpha value is -3.52. The predicted molar refractivity (Wildman–Crippen MR) is 108 cm³/mol. The Morgan fingerprint density at radius 1 is 1.25 bits per heavy atom. The molecule has 0 radical (unpaired) electrons. The van der Waals surface area contributed by atoms with Gasteiger partial charge in [0, 0.05) is 12.6 Å². The fraction of sp³-hybridized carbons (Fsp3) is 0.174. The summed E-state index contributed by atoms with van der Waals surface area (Å²) < 4.78 is 23.9. The molecule has 0 saturated carbocycles. The number of benzene rings is 2. The lowest BCUT2D eigenvalue weighted by Crippen LogP contribution is -2.29. The van der Waals surface area contributed by atoms with Gasteiger partial charge in [-0.25, -0.2) is 4.39 Å². The highest BCUT2D eigenvalue weighted by molar-refractivity contribution is 5.92. The van der Waals surface area contributed by atoms with E-state index in [1.807, 2.05) is 6.07 Å². The first-order chi connectivity index (χ1) is 13.6. The Balaban J connectivity index is 2.11. The Kier molecular flexibility index (Phi) is 7.86. The second-order valence-electron chi connectivity index (χ2n) is 5.87. The number of nitrogens with zero attached hydrogens (tertiary/aromatic N) is 1. The molecule has 28 heavy (non-hydrogen) atoms. The van der Waals surface area contributed by atoms with E-state index in [1.165, 1.54) is 23.1 Å². The summed E-state index contributed by atoms with van der Waals surface area (Å²) in [4.78, 5) is 14.0. The highest BCUT2D eigenvalue weighted by Gasteiger charge is 2.11. The van der Waals surface area contributed by atoms with E-state index in [4.69, 9.17) is 15.9 Å². The molecule has 0 fully saturated rings. The number of methoxy groups -OCH3 is 1. The van der Waals surface area contributed by atoms with Crippen LogP contribution in [0.25, 0.3) is 6.08 Å². The zero-order chi connectivity index (χ0) is 20.4. The molecule has 0 spiro atoms. The molecule has 0 unspecified atom stereocenters. The first-order valence-electron chi connectivity index (χ1n) is 8.64. The summed E-state index contributed by atoms with van der Waals surface area (Å²) in [6.07, 6.45) is 10.1. The third-order valence-electron chi connectivity index (χ3n) is 3.84. The number of halogens is 1. The van der Waals surface area contributed by atoms with Gasteiger partial charge in [0.05, 0.1) is 13.7 Å². The number of hydrogen-bond acceptors (Lipinski definition) is 3. The molecule has 0 aliphatic carbocycles. The van der Waals surface area contributed by atoms with Gasteiger partial charge in [0.25, 0.3) is 0 Å². The van der Waals surface area contributed by atoms with Crippen LogP contribution >= 0.6 is 0 Å². The molecule has 0 aromatic heterocycles. The topological polar surface area (TPSA) is 38.8 Å². The summed E-state index contributed by atoms with van der Waals surface area (Å²) in [7, 11) is 1.55. The van der Waals surface area contributed by atoms with E-state index in [0.717, 1.165) is 11.1 Å². The molecule has 0 bridgehead atoms. The van der Waals surface area contributed by atoms with Crippen LogP contribution in [0, 0.1) is 18.2 Å². The lowest BCUT2D eigenvalue weighted by molar-refractivity contribution is -0.125. The fourth-order valence-electron chi connectivity index (χ4n) is 2.46. The molecule has 2 rings (SSSR count). The largest absolute Gasteiger partial charge is 0.493 e. The number of terminal acetylenes is 1. The Labute approximate surface area is 164 Å². The molecule has 0 N–H and O–H groups in total. The van der Waals surface area contributed by atoms with Gasteiger partial charge < -0.3 is 14.4 Å². The third kappa shape index (κ3) is 6.03. The van der Waals surface area contributed by atoms with E-state index >= 15 is 0 Å². The average molecular weight is 379 g/mol. The second kappa shape index (κ2) is 10.6. The van der Waals surface area contributed by atoms with E-state index in [1.54, 1.807) is 43.5 Å². The fourth-order valence-corrected chi connectivity index (χ4v) is 2.46. The normalized spacial score (nSPS) is 10.3. The summed E-state index contributed by atoms with van der Waals surface area (Å²) >= 11 is 0. The highest BCUT2D eigenvalue weighted by Crippen LogP contribution is 2.28. The zero-order valence-corrected chi connectivity index (χ0v) is 15.7. The molecule has 144 valence electrons. The molecule has 5 heteroatoms. The second-order valence-corrected chi connectivity index (χ2v) is 5.87. The van der Waals surface area contributed by atoms with Crippen molar-refractivity contribution in [2.75, 3.05) is 20.3 Å². The Bertz CT molecular complexity index is 882. The van der Waals surface area contributed by atoms with Crippen molar-refractivity contribution in [1.29, 1.82) is 0 Å². The summed E-state index contributed by atoms with van der Waals surface area (Å²) in [5.41, 5.74) is 1.57. The highest BCUT2D eigenvalue weighted by atomic mass is 19.1. The van der Waals surface area contributed by atoms with Crippen molar-refractivity contribution in [1.82, 2.24) is 4.90 Å². The van der Waals surface area contributed by atoms with Gasteiger partial charge in [-0.1, -0.05) is 36.8 Å². The first kappa shape index (κ1) is 20.8. The number of carbonyl (C=O) groups excluding carboxylic acids is 1. The van der Waals surface area contributed by atoms with E-state index in [2.05, 4.69) is 12.5 Å². The van der Waals surface area contributed by atoms with Crippen LogP contribution in [-0.2, 0) is 11.3 Å². The Morgan fingerprint density at radius 2 is 2.00 bits per heavy atom. The van der Waals surface area contributed by atoms with Crippen LogP contribution in [0.2, 0.25) is 0 Å². The minimum atomic E-state index is -0.326. The van der Waals surface area contributed by atoms with Crippen LogP contribution in [0.15, 0.2) is 61.2 Å². The van der Waals surface area contributed by atoms with Crippen molar-refractivity contribution in [2.24, 2.45) is 0 Å². The number of ether oxygens (including phenoxy) is 2. The lowest BCUT2D eigenvalue weighted by atomic mass is 10.1. The van der Waals surface area contributed by atoms with Crippen LogP contribution < -0.4 is 9.47 Å². The number of amides is 1. The summed E-state index contributed by atoms with van der Waals surface area (Å²) in [6, 6.07) is 11.3. The maximum absolute atomic E-state index is 13.1. The van der Waals surface area contributed by atoms with Crippen LogP contribution in [0.5, 0.6) is 11.5 Å². The van der Waals surface area contributed by atoms with Gasteiger partial charge in [-0.05, 0) is 41.5 Å². The lowest BCUT2D eigenvalue weighted by Gasteiger charge is -2.18. The van der Waals surface area contributed by atoms with Gasteiger partial charge in [-0.3, -0.25) is 4.79 Å². The van der Waals surface area contributed by atoms with Gasteiger partial charge in [-0.15, -0.1) is 6.42 Å². The maximum atomic E-state index is 13.1. The first-order valence-corrected chi connectivity index (χ1v) is 8.64. The molecule has 2 aromatic carbocycles. The number of hydrogen-bond donors (Lipinski definition) is 0. The van der Waals surface area contributed by atoms with E-state index in [9.17, 15) is 9.18 Å². The van der Waals surface area contributed by atoms with Crippen molar-refractivity contribution in [2.45, 2.75) is 6.54 Å². The molecule has 0 heterocycles. The molecule has 0 aliphatic heterocycles. The SMILES string of the molecule is C#CCN(Cc1ccc(F)cc1)C(=O)/C=C/c1ccc(OCC=C)c(OC)c1. The zero-order valence-electron chi connectivity index (χ0n) is 15.7. The van der Waals surface area contributed by atoms with Crippen molar-refractivity contribution in [3.63, 3.8) is 0 Å². The van der Waals surface area contributed by atoms with Crippen LogP contribution in [0.4, 0.5) is 4.39 Å². The minimum absolute atomic E-state index is 0.151. The summed E-state index contributed by atoms with van der Waals surface area (Å²) in [5.74, 6) is 3.06. The number of rotatable bonds is 9. The predicted octanol–water partition coefficient (Wildman–Crippen LogP) is 4.07. The van der Waals surface area contributed by atoms with Gasteiger partial charge in [-0.2, -0.15) is 0 Å². The summed E-state index contributed by atoms with van der Waals surface area (Å²) in [5, 5.41) is 0. The monoisotopic (exact) mass is 379 g/mol. The average Bonchev–Trinajstić information content (AvgIpc) is 2.71. The van der Waals surface area contributed by atoms with Crippen LogP contribution in [0.3, 0.4) is 0 Å². The number of carbonyl (C=O) groups is 1. The smallest absolute Gasteiger partial charge is 0.247 e. The molecule has 0 atom stereocenters. The Morgan fingerprint density at radius 3 is 2.64 bits per heavy atom. The molecular formula is C23H22FNO3. The van der Waals surface area contributed by atoms with E-state index < -0.39 is 0 Å². The van der Waals surface area contributed by atoms with Gasteiger partial charge in [0.2, 0.25) is 5.91 Å². The van der Waals surface area contributed by atoms with Crippen molar-refractivity contribution in [3.8, 4) is 23.8 Å². The molecule has 4 nitrogen and oxygen atoms in total. The van der Waals surface area contributed by atoms with Gasteiger partial charge in [0.1, 0.15) is 12.4 Å². The standard InChI is InChI=1S/C23H22FNO3/c1-4-14-25(17-19-6-10-20(24)11-7-19)23(26)13-9-18-8-12-21(28-15-5-2)22(16-18)27-3/h1,5-13,16H,2,14-15,17H2,3H3/b13-9+. The molecular weight excluding hydrogens is 357 g/mol. The quantitative estimate of drug-likeness (QED) is 0.374. The third-order valence-corrected chi connectivity index (χ3v) is 3.84. The van der Waals surface area contributed by atoms with E-state index in [0.29, 0.717) is 24.7 Å². The summed E-state index contributed by atoms with van der Waals surface area (Å²) in [6.45, 7) is 4.43. The maximum Gasteiger partial charge on any atom is 0.247 e. The molecule has 2 aromatic rings. The van der Waals surface area contributed by atoms with Crippen molar-refractivity contribution >= 4 is 12.0 Å².